The summed E-state index contributed by atoms with van der Waals surface area (Å²) in [7, 11) is 0. The van der Waals surface area contributed by atoms with Crippen LogP contribution in [0.15, 0.2) is 48.5 Å². The number of rotatable bonds is 0. The van der Waals surface area contributed by atoms with Crippen LogP contribution in [0.2, 0.25) is 0 Å². The van der Waals surface area contributed by atoms with E-state index in [0.29, 0.717) is 6.42 Å². The molecular formula is C15H13ClN2O. The third-order valence-electron chi connectivity index (χ3n) is 3.37. The summed E-state index contributed by atoms with van der Waals surface area (Å²) in [4.78, 5) is 13.4. The Bertz CT molecular complexity index is 642. The van der Waals surface area contributed by atoms with Crippen molar-refractivity contribution < 1.29 is 4.79 Å². The highest BCUT2D eigenvalue weighted by molar-refractivity contribution is 6.22. The molecule has 2 amide bonds. The maximum Gasteiger partial charge on any atom is 0.323 e. The van der Waals surface area contributed by atoms with Gasteiger partial charge < -0.3 is 5.73 Å². The Morgan fingerprint density at radius 1 is 1.11 bits per heavy atom. The molecule has 2 aromatic rings. The Morgan fingerprint density at radius 2 is 1.74 bits per heavy atom. The number of primary amides is 1. The largest absolute Gasteiger partial charge is 0.351 e. The molecule has 0 saturated carbocycles. The molecule has 0 bridgehead atoms. The number of halogens is 1. The topological polar surface area (TPSA) is 46.3 Å². The lowest BCUT2D eigenvalue weighted by atomic mass is 10.0. The highest BCUT2D eigenvalue weighted by Crippen LogP contribution is 2.42. The molecule has 0 fully saturated rings. The van der Waals surface area contributed by atoms with Gasteiger partial charge in [-0.2, -0.15) is 0 Å². The molecule has 2 aromatic carbocycles. The number of amides is 2. The van der Waals surface area contributed by atoms with Crippen LogP contribution in [0.4, 0.5) is 16.2 Å². The molecule has 1 atom stereocenters. The first kappa shape index (κ1) is 12.1. The number of hydrogen-bond donors (Lipinski definition) is 1. The summed E-state index contributed by atoms with van der Waals surface area (Å²) in [5.41, 5.74) is 9.09. The maximum atomic E-state index is 11.8. The molecule has 0 aromatic heterocycles. The summed E-state index contributed by atoms with van der Waals surface area (Å²) < 4.78 is 0. The van der Waals surface area contributed by atoms with E-state index >= 15 is 0 Å². The van der Waals surface area contributed by atoms with Crippen molar-refractivity contribution in [3.63, 3.8) is 0 Å². The Morgan fingerprint density at radius 3 is 2.47 bits per heavy atom. The molecule has 3 rings (SSSR count). The molecule has 1 heterocycles. The van der Waals surface area contributed by atoms with E-state index in [9.17, 15) is 4.79 Å². The van der Waals surface area contributed by atoms with Crippen LogP contribution < -0.4 is 10.6 Å². The summed E-state index contributed by atoms with van der Waals surface area (Å²) in [5.74, 6) is 0. The van der Waals surface area contributed by atoms with E-state index in [0.717, 1.165) is 22.5 Å². The quantitative estimate of drug-likeness (QED) is 0.730. The predicted molar refractivity (Wildman–Crippen MR) is 76.9 cm³/mol. The maximum absolute atomic E-state index is 11.8. The minimum absolute atomic E-state index is 0.165. The van der Waals surface area contributed by atoms with E-state index in [2.05, 4.69) is 0 Å². The van der Waals surface area contributed by atoms with Crippen molar-refractivity contribution in [3.8, 4) is 0 Å². The molecule has 0 radical (unpaired) electrons. The Balaban J connectivity index is 2.28. The third kappa shape index (κ3) is 1.96. The molecule has 1 unspecified atom stereocenters. The summed E-state index contributed by atoms with van der Waals surface area (Å²) in [5, 5.41) is -0.165. The fourth-order valence-electron chi connectivity index (χ4n) is 2.53. The van der Waals surface area contributed by atoms with Crippen molar-refractivity contribution >= 4 is 29.0 Å². The monoisotopic (exact) mass is 272 g/mol. The molecule has 0 spiro atoms. The number of nitrogens with two attached hydrogens (primary N) is 1. The predicted octanol–water partition coefficient (Wildman–Crippen LogP) is 3.74. The number of benzene rings is 2. The number of carbonyl (C=O) groups is 1. The van der Waals surface area contributed by atoms with Gasteiger partial charge in [0.05, 0.1) is 16.8 Å². The van der Waals surface area contributed by atoms with Gasteiger partial charge in [0.15, 0.2) is 0 Å². The van der Waals surface area contributed by atoms with Crippen LogP contribution in [-0.4, -0.2) is 6.03 Å². The zero-order valence-electron chi connectivity index (χ0n) is 10.2. The fourth-order valence-corrected chi connectivity index (χ4v) is 2.88. The van der Waals surface area contributed by atoms with Crippen molar-refractivity contribution in [2.24, 2.45) is 5.73 Å². The zero-order valence-corrected chi connectivity index (χ0v) is 11.0. The SMILES string of the molecule is NC(=O)N1c2ccccc2CC(Cl)c2ccccc21. The number of urea groups is 1. The number of hydrogen-bond acceptors (Lipinski definition) is 1. The molecule has 1 aliphatic heterocycles. The van der Waals surface area contributed by atoms with Crippen molar-refractivity contribution in [1.29, 1.82) is 0 Å². The van der Waals surface area contributed by atoms with Gasteiger partial charge in [-0.1, -0.05) is 36.4 Å². The molecule has 2 N–H and O–H groups in total. The molecule has 4 heteroatoms. The van der Waals surface area contributed by atoms with E-state index in [1.807, 2.05) is 48.5 Å². The average Bonchev–Trinajstić information content (AvgIpc) is 2.53. The van der Waals surface area contributed by atoms with Crippen LogP contribution in [0, 0.1) is 0 Å². The molecule has 0 saturated heterocycles. The summed E-state index contributed by atoms with van der Waals surface area (Å²) in [6.07, 6.45) is 0.679. The number of nitrogens with zero attached hydrogens (tertiary/aromatic N) is 1. The standard InChI is InChI=1S/C15H13ClN2O/c16-12-9-10-5-1-3-7-13(10)18(15(17)19)14-8-4-2-6-11(12)14/h1-8,12H,9H2,(H2,17,19). The van der Waals surface area contributed by atoms with Gasteiger partial charge in [0, 0.05) is 0 Å². The van der Waals surface area contributed by atoms with Crippen molar-refractivity contribution in [2.75, 3.05) is 4.90 Å². The number of anilines is 2. The number of alkyl halides is 1. The Labute approximate surface area is 116 Å². The van der Waals surface area contributed by atoms with Gasteiger partial charge >= 0.3 is 6.03 Å². The van der Waals surface area contributed by atoms with Crippen LogP contribution in [0.25, 0.3) is 0 Å². The second-order valence-corrected chi connectivity index (χ2v) is 5.06. The molecule has 3 nitrogen and oxygen atoms in total. The summed E-state index contributed by atoms with van der Waals surface area (Å²) in [6, 6.07) is 14.8. The molecule has 0 aliphatic carbocycles. The lowest BCUT2D eigenvalue weighted by molar-refractivity contribution is 0.256. The van der Waals surface area contributed by atoms with Gasteiger partial charge in [-0.25, -0.2) is 4.79 Å². The molecular weight excluding hydrogens is 260 g/mol. The molecule has 19 heavy (non-hydrogen) atoms. The van der Waals surface area contributed by atoms with Crippen LogP contribution in [-0.2, 0) is 6.42 Å². The normalized spacial score (nSPS) is 17.3. The van der Waals surface area contributed by atoms with E-state index in [4.69, 9.17) is 17.3 Å². The minimum Gasteiger partial charge on any atom is -0.351 e. The second kappa shape index (κ2) is 4.59. The first-order chi connectivity index (χ1) is 9.18. The second-order valence-electron chi connectivity index (χ2n) is 4.53. The Hall–Kier alpha value is -2.00. The van der Waals surface area contributed by atoms with Gasteiger partial charge in [0.25, 0.3) is 0 Å². The van der Waals surface area contributed by atoms with E-state index in [-0.39, 0.29) is 5.38 Å². The van der Waals surface area contributed by atoms with Gasteiger partial charge in [-0.3, -0.25) is 4.90 Å². The Kier molecular flexibility index (Phi) is 2.91. The summed E-state index contributed by atoms with van der Waals surface area (Å²) in [6.45, 7) is 0. The third-order valence-corrected chi connectivity index (χ3v) is 3.76. The van der Waals surface area contributed by atoms with Gasteiger partial charge in [0.1, 0.15) is 0 Å². The average molecular weight is 273 g/mol. The van der Waals surface area contributed by atoms with Gasteiger partial charge in [0.2, 0.25) is 0 Å². The van der Waals surface area contributed by atoms with Crippen molar-refractivity contribution in [3.05, 3.63) is 59.7 Å². The molecule has 1 aliphatic rings. The van der Waals surface area contributed by atoms with Crippen LogP contribution in [0.1, 0.15) is 16.5 Å². The van der Waals surface area contributed by atoms with E-state index < -0.39 is 6.03 Å². The lowest BCUT2D eigenvalue weighted by Crippen LogP contribution is -2.32. The number of para-hydroxylation sites is 2. The minimum atomic E-state index is -0.495. The molecule has 96 valence electrons. The smallest absolute Gasteiger partial charge is 0.323 e. The van der Waals surface area contributed by atoms with Crippen molar-refractivity contribution in [1.82, 2.24) is 0 Å². The van der Waals surface area contributed by atoms with Crippen LogP contribution in [0.5, 0.6) is 0 Å². The van der Waals surface area contributed by atoms with Crippen LogP contribution in [0.3, 0.4) is 0 Å². The number of carbonyl (C=O) groups excluding carboxylic acids is 1. The van der Waals surface area contributed by atoms with Crippen molar-refractivity contribution in [2.45, 2.75) is 11.8 Å². The fraction of sp³-hybridized carbons (Fsp3) is 0.133. The first-order valence-corrected chi connectivity index (χ1v) is 6.52. The van der Waals surface area contributed by atoms with E-state index in [1.54, 1.807) is 0 Å². The van der Waals surface area contributed by atoms with Crippen LogP contribution >= 0.6 is 11.6 Å². The summed E-state index contributed by atoms with van der Waals surface area (Å²) >= 11 is 6.47. The van der Waals surface area contributed by atoms with E-state index in [1.165, 1.54) is 4.90 Å². The van der Waals surface area contributed by atoms with Gasteiger partial charge in [-0.05, 0) is 29.7 Å². The zero-order chi connectivity index (χ0) is 13.4. The highest BCUT2D eigenvalue weighted by atomic mass is 35.5. The number of fused-ring (bicyclic) bond motifs is 2. The van der Waals surface area contributed by atoms with Gasteiger partial charge in [-0.15, -0.1) is 11.6 Å². The first-order valence-electron chi connectivity index (χ1n) is 6.09. The lowest BCUT2D eigenvalue weighted by Gasteiger charge is -2.22. The highest BCUT2D eigenvalue weighted by Gasteiger charge is 2.27.